The third kappa shape index (κ3) is 6.54. The van der Waals surface area contributed by atoms with Gasteiger partial charge >= 0.3 is 0 Å². The van der Waals surface area contributed by atoms with Crippen LogP contribution in [0.15, 0.2) is 5.38 Å². The number of hydrogen-bond donors (Lipinski definition) is 0. The molecular formula is C13H26N2OS. The number of hydrogen-bond acceptors (Lipinski definition) is 4. The van der Waals surface area contributed by atoms with Gasteiger partial charge in [0.05, 0.1) is 10.7 Å². The average molecular weight is 258 g/mol. The Morgan fingerprint density at radius 2 is 1.76 bits per heavy atom. The van der Waals surface area contributed by atoms with Gasteiger partial charge in [-0.3, -0.25) is 9.69 Å². The van der Waals surface area contributed by atoms with Gasteiger partial charge in [0.25, 0.3) is 0 Å². The van der Waals surface area contributed by atoms with Gasteiger partial charge in [-0.15, -0.1) is 11.3 Å². The quantitative estimate of drug-likeness (QED) is 0.829. The molecule has 0 fully saturated rings. The SMILES string of the molecule is CC.CC.CC(=O)C(c1csc(C)n1)N(C)C. The van der Waals surface area contributed by atoms with E-state index in [4.69, 9.17) is 0 Å². The lowest BCUT2D eigenvalue weighted by atomic mass is 10.1. The smallest absolute Gasteiger partial charge is 0.153 e. The van der Waals surface area contributed by atoms with Gasteiger partial charge in [-0.05, 0) is 27.9 Å². The molecule has 0 radical (unpaired) electrons. The molecule has 0 aromatic carbocycles. The Bertz CT molecular complexity index is 308. The Balaban J connectivity index is 0. The molecule has 3 nitrogen and oxygen atoms in total. The van der Waals surface area contributed by atoms with Crippen molar-refractivity contribution in [2.45, 2.75) is 47.6 Å². The minimum Gasteiger partial charge on any atom is -0.298 e. The fourth-order valence-electron chi connectivity index (χ4n) is 1.34. The molecule has 1 unspecified atom stereocenters. The standard InChI is InChI=1S/C9H14N2OS.2C2H6/c1-6(12)9(11(3)4)8-5-13-7(2)10-8;2*1-2/h5,9H,1-4H3;2*1-2H3. The zero-order chi connectivity index (χ0) is 14.0. The Hall–Kier alpha value is -0.740. The van der Waals surface area contributed by atoms with Gasteiger partial charge in [0.2, 0.25) is 0 Å². The van der Waals surface area contributed by atoms with Crippen molar-refractivity contribution in [1.82, 2.24) is 9.88 Å². The normalized spacial score (nSPS) is 10.9. The maximum atomic E-state index is 11.3. The van der Waals surface area contributed by atoms with Crippen LogP contribution >= 0.6 is 11.3 Å². The highest BCUT2D eigenvalue weighted by Crippen LogP contribution is 2.20. The lowest BCUT2D eigenvalue weighted by molar-refractivity contribution is -0.121. The monoisotopic (exact) mass is 258 g/mol. The number of ketones is 1. The summed E-state index contributed by atoms with van der Waals surface area (Å²) >= 11 is 1.58. The number of thiazole rings is 1. The van der Waals surface area contributed by atoms with E-state index in [1.54, 1.807) is 18.3 Å². The summed E-state index contributed by atoms with van der Waals surface area (Å²) < 4.78 is 0. The number of likely N-dealkylation sites (N-methyl/N-ethyl adjacent to an activating group) is 1. The molecule has 0 saturated carbocycles. The van der Waals surface area contributed by atoms with E-state index >= 15 is 0 Å². The third-order valence-electron chi connectivity index (χ3n) is 1.82. The fourth-order valence-corrected chi connectivity index (χ4v) is 1.97. The van der Waals surface area contributed by atoms with Crippen LogP contribution in [0.1, 0.15) is 51.4 Å². The number of aromatic nitrogens is 1. The van der Waals surface area contributed by atoms with Crippen LogP contribution in [0, 0.1) is 6.92 Å². The highest BCUT2D eigenvalue weighted by atomic mass is 32.1. The molecule has 1 aromatic rings. The molecule has 4 heteroatoms. The molecule has 0 amide bonds. The predicted molar refractivity (Wildman–Crippen MR) is 76.7 cm³/mol. The number of nitrogens with zero attached hydrogens (tertiary/aromatic N) is 2. The van der Waals surface area contributed by atoms with Gasteiger partial charge in [0.1, 0.15) is 6.04 Å². The predicted octanol–water partition coefficient (Wildman–Crippen LogP) is 3.70. The average Bonchev–Trinajstić information content (AvgIpc) is 2.69. The first-order valence-electron chi connectivity index (χ1n) is 6.11. The van der Waals surface area contributed by atoms with Crippen LogP contribution in [-0.2, 0) is 4.79 Å². The minimum absolute atomic E-state index is 0.135. The zero-order valence-electron chi connectivity index (χ0n) is 12.4. The van der Waals surface area contributed by atoms with Crippen molar-refractivity contribution < 1.29 is 4.79 Å². The lowest BCUT2D eigenvalue weighted by Crippen LogP contribution is -2.26. The van der Waals surface area contributed by atoms with Crippen LogP contribution in [0.2, 0.25) is 0 Å². The third-order valence-corrected chi connectivity index (χ3v) is 2.61. The summed E-state index contributed by atoms with van der Waals surface area (Å²) in [6.07, 6.45) is 0. The summed E-state index contributed by atoms with van der Waals surface area (Å²) in [5.41, 5.74) is 0.861. The molecule has 0 aliphatic rings. The Kier molecular flexibility index (Phi) is 11.4. The molecule has 0 bridgehead atoms. The van der Waals surface area contributed by atoms with Gasteiger partial charge < -0.3 is 0 Å². The first-order valence-corrected chi connectivity index (χ1v) is 6.99. The van der Waals surface area contributed by atoms with Crippen LogP contribution in [0.4, 0.5) is 0 Å². The van der Waals surface area contributed by atoms with E-state index in [0.29, 0.717) is 0 Å². The number of rotatable bonds is 3. The molecular weight excluding hydrogens is 232 g/mol. The number of carbonyl (C=O) groups excluding carboxylic acids is 1. The van der Waals surface area contributed by atoms with Crippen molar-refractivity contribution in [2.24, 2.45) is 0 Å². The highest BCUT2D eigenvalue weighted by Gasteiger charge is 2.21. The van der Waals surface area contributed by atoms with Gasteiger partial charge in [-0.25, -0.2) is 4.98 Å². The molecule has 0 spiro atoms. The first-order chi connectivity index (χ1) is 8.02. The molecule has 1 rings (SSSR count). The second kappa shape index (κ2) is 10.4. The summed E-state index contributed by atoms with van der Waals surface area (Å²) in [4.78, 5) is 17.5. The Morgan fingerprint density at radius 3 is 2.00 bits per heavy atom. The summed E-state index contributed by atoms with van der Waals surface area (Å²) in [7, 11) is 3.78. The highest BCUT2D eigenvalue weighted by molar-refractivity contribution is 7.09. The van der Waals surface area contributed by atoms with Crippen LogP contribution in [-0.4, -0.2) is 29.8 Å². The van der Waals surface area contributed by atoms with Gasteiger partial charge in [-0.1, -0.05) is 27.7 Å². The van der Waals surface area contributed by atoms with Crippen molar-refractivity contribution in [3.8, 4) is 0 Å². The zero-order valence-corrected chi connectivity index (χ0v) is 13.2. The Labute approximate surface area is 110 Å². The summed E-state index contributed by atoms with van der Waals surface area (Å²) in [5, 5.41) is 2.95. The van der Waals surface area contributed by atoms with E-state index in [9.17, 15) is 4.79 Å². The summed E-state index contributed by atoms with van der Waals surface area (Å²) in [6, 6.07) is -0.190. The maximum absolute atomic E-state index is 11.3. The topological polar surface area (TPSA) is 33.2 Å². The number of carbonyl (C=O) groups is 1. The summed E-state index contributed by atoms with van der Waals surface area (Å²) in [5.74, 6) is 0.135. The molecule has 1 aromatic heterocycles. The molecule has 1 heterocycles. The molecule has 0 aliphatic heterocycles. The van der Waals surface area contributed by atoms with E-state index in [-0.39, 0.29) is 11.8 Å². The van der Waals surface area contributed by atoms with Crippen molar-refractivity contribution in [3.05, 3.63) is 16.1 Å². The van der Waals surface area contributed by atoms with E-state index in [0.717, 1.165) is 10.7 Å². The van der Waals surface area contributed by atoms with Crippen LogP contribution in [0.25, 0.3) is 0 Å². The molecule has 100 valence electrons. The van der Waals surface area contributed by atoms with E-state index in [2.05, 4.69) is 4.98 Å². The van der Waals surface area contributed by atoms with E-state index in [1.807, 2.05) is 59.0 Å². The van der Waals surface area contributed by atoms with Gasteiger partial charge in [-0.2, -0.15) is 0 Å². The van der Waals surface area contributed by atoms with Gasteiger partial charge in [0, 0.05) is 5.38 Å². The van der Waals surface area contributed by atoms with Crippen molar-refractivity contribution >= 4 is 17.1 Å². The minimum atomic E-state index is -0.190. The van der Waals surface area contributed by atoms with Crippen LogP contribution < -0.4 is 0 Å². The lowest BCUT2D eigenvalue weighted by Gasteiger charge is -2.19. The number of Topliss-reactive ketones (excluding diaryl/α,β-unsaturated/α-hetero) is 1. The van der Waals surface area contributed by atoms with Crippen molar-refractivity contribution in [2.75, 3.05) is 14.1 Å². The van der Waals surface area contributed by atoms with Crippen LogP contribution in [0.3, 0.4) is 0 Å². The van der Waals surface area contributed by atoms with E-state index in [1.165, 1.54) is 0 Å². The van der Waals surface area contributed by atoms with Gasteiger partial charge in [0.15, 0.2) is 5.78 Å². The first kappa shape index (κ1) is 18.6. The molecule has 17 heavy (non-hydrogen) atoms. The largest absolute Gasteiger partial charge is 0.298 e. The fraction of sp³-hybridized carbons (Fsp3) is 0.692. The second-order valence-electron chi connectivity index (χ2n) is 3.27. The maximum Gasteiger partial charge on any atom is 0.153 e. The number of aryl methyl sites for hydroxylation is 1. The molecule has 0 N–H and O–H groups in total. The van der Waals surface area contributed by atoms with Crippen molar-refractivity contribution in [3.63, 3.8) is 0 Å². The van der Waals surface area contributed by atoms with E-state index < -0.39 is 0 Å². The second-order valence-corrected chi connectivity index (χ2v) is 4.33. The molecule has 0 saturated heterocycles. The Morgan fingerprint density at radius 1 is 1.29 bits per heavy atom. The molecule has 0 aliphatic carbocycles. The summed E-state index contributed by atoms with van der Waals surface area (Å²) in [6.45, 7) is 11.5. The van der Waals surface area contributed by atoms with Crippen LogP contribution in [0.5, 0.6) is 0 Å². The molecule has 1 atom stereocenters. The van der Waals surface area contributed by atoms with Crippen molar-refractivity contribution in [1.29, 1.82) is 0 Å².